The first-order valence-corrected chi connectivity index (χ1v) is 8.11. The molecule has 1 aromatic rings. The van der Waals surface area contributed by atoms with E-state index in [1.807, 2.05) is 12.1 Å². The predicted molar refractivity (Wildman–Crippen MR) is 81.9 cm³/mol. The minimum Gasteiger partial charge on any atom is -0.395 e. The molecule has 1 aliphatic carbocycles. The molecule has 3 nitrogen and oxygen atoms in total. The van der Waals surface area contributed by atoms with Crippen molar-refractivity contribution in [1.29, 1.82) is 0 Å². The van der Waals surface area contributed by atoms with Crippen molar-refractivity contribution in [2.75, 3.05) is 6.61 Å². The number of rotatable bonds is 3. The maximum atomic E-state index is 12.2. The smallest absolute Gasteiger partial charge is 0.261 e. The van der Waals surface area contributed by atoms with Crippen LogP contribution in [-0.2, 0) is 0 Å². The fraction of sp³-hybridized carbons (Fsp3) is 0.562. The molecule has 0 atom stereocenters. The number of thiophene rings is 1. The summed E-state index contributed by atoms with van der Waals surface area (Å²) in [6, 6.07) is 4.03. The van der Waals surface area contributed by atoms with Gasteiger partial charge in [0.15, 0.2) is 0 Å². The van der Waals surface area contributed by atoms with Crippen LogP contribution in [0.5, 0.6) is 0 Å². The fourth-order valence-electron chi connectivity index (χ4n) is 2.41. The summed E-state index contributed by atoms with van der Waals surface area (Å²) in [6.45, 7) is 0.0768. The van der Waals surface area contributed by atoms with Gasteiger partial charge in [-0.3, -0.25) is 4.79 Å². The predicted octanol–water partition coefficient (Wildman–Crippen LogP) is 2.93. The first-order chi connectivity index (χ1) is 9.79. The van der Waals surface area contributed by atoms with E-state index in [0.717, 1.165) is 22.6 Å². The molecule has 2 rings (SSSR count). The van der Waals surface area contributed by atoms with Crippen LogP contribution in [0, 0.1) is 11.8 Å². The standard InChI is InChI=1S/C16H21NO2S/c18-12-6-5-9-14-10-11-15(20-14)16(19)17-13-7-3-1-2-4-8-13/h10-11,13,18H,1-4,6-8,12H2,(H,17,19). The maximum Gasteiger partial charge on any atom is 0.261 e. The largest absolute Gasteiger partial charge is 0.395 e. The Balaban J connectivity index is 1.90. The number of amides is 1. The minimum absolute atomic E-state index is 0.0251. The highest BCUT2D eigenvalue weighted by molar-refractivity contribution is 7.14. The van der Waals surface area contributed by atoms with Crippen LogP contribution in [-0.4, -0.2) is 23.7 Å². The topological polar surface area (TPSA) is 49.3 Å². The Kier molecular flexibility index (Phi) is 6.10. The molecule has 1 saturated carbocycles. The van der Waals surface area contributed by atoms with Gasteiger partial charge in [0, 0.05) is 12.5 Å². The van der Waals surface area contributed by atoms with Crippen LogP contribution in [0.1, 0.15) is 59.5 Å². The van der Waals surface area contributed by atoms with E-state index in [-0.39, 0.29) is 12.5 Å². The summed E-state index contributed by atoms with van der Waals surface area (Å²) in [4.78, 5) is 13.8. The van der Waals surface area contributed by atoms with Crippen molar-refractivity contribution < 1.29 is 9.90 Å². The van der Waals surface area contributed by atoms with Crippen LogP contribution in [0.2, 0.25) is 0 Å². The summed E-state index contributed by atoms with van der Waals surface area (Å²) in [5.74, 6) is 5.86. The van der Waals surface area contributed by atoms with Gasteiger partial charge >= 0.3 is 0 Å². The molecule has 0 aliphatic heterocycles. The molecule has 108 valence electrons. The third kappa shape index (κ3) is 4.66. The molecule has 1 fully saturated rings. The number of carbonyl (C=O) groups is 1. The van der Waals surface area contributed by atoms with Gasteiger partial charge in [0.1, 0.15) is 0 Å². The van der Waals surface area contributed by atoms with Crippen LogP contribution < -0.4 is 5.32 Å². The normalized spacial score (nSPS) is 16.1. The third-order valence-corrected chi connectivity index (χ3v) is 4.47. The van der Waals surface area contributed by atoms with Gasteiger partial charge in [-0.2, -0.15) is 0 Å². The molecule has 4 heteroatoms. The second kappa shape index (κ2) is 8.08. The van der Waals surface area contributed by atoms with Gasteiger partial charge in [-0.1, -0.05) is 37.5 Å². The van der Waals surface area contributed by atoms with E-state index >= 15 is 0 Å². The van der Waals surface area contributed by atoms with E-state index in [9.17, 15) is 4.79 Å². The lowest BCUT2D eigenvalue weighted by Gasteiger charge is -2.15. The quantitative estimate of drug-likeness (QED) is 0.664. The number of nitrogens with one attached hydrogen (secondary N) is 1. The number of aliphatic hydroxyl groups excluding tert-OH is 1. The third-order valence-electron chi connectivity index (χ3n) is 3.47. The molecule has 2 N–H and O–H groups in total. The zero-order valence-electron chi connectivity index (χ0n) is 11.7. The molecule has 0 spiro atoms. The lowest BCUT2D eigenvalue weighted by Crippen LogP contribution is -2.33. The van der Waals surface area contributed by atoms with Gasteiger partial charge in [-0.05, 0) is 25.0 Å². The van der Waals surface area contributed by atoms with E-state index in [4.69, 9.17) is 5.11 Å². The fourth-order valence-corrected chi connectivity index (χ4v) is 3.20. The Morgan fingerprint density at radius 3 is 2.75 bits per heavy atom. The minimum atomic E-state index is 0.0251. The van der Waals surface area contributed by atoms with E-state index in [0.29, 0.717) is 12.5 Å². The van der Waals surface area contributed by atoms with Crippen LogP contribution in [0.3, 0.4) is 0 Å². The van der Waals surface area contributed by atoms with Crippen molar-refractivity contribution in [3.05, 3.63) is 21.9 Å². The SMILES string of the molecule is O=C(NC1CCCCCC1)c1ccc(C#CCCO)s1. The molecule has 0 radical (unpaired) electrons. The first kappa shape index (κ1) is 15.1. The van der Waals surface area contributed by atoms with E-state index < -0.39 is 0 Å². The van der Waals surface area contributed by atoms with Crippen molar-refractivity contribution in [3.63, 3.8) is 0 Å². The molecule has 1 aromatic heterocycles. The van der Waals surface area contributed by atoms with Gasteiger partial charge in [0.05, 0.1) is 16.4 Å². The second-order valence-electron chi connectivity index (χ2n) is 5.10. The maximum absolute atomic E-state index is 12.2. The van der Waals surface area contributed by atoms with Crippen LogP contribution >= 0.6 is 11.3 Å². The van der Waals surface area contributed by atoms with Crippen molar-refractivity contribution in [2.45, 2.75) is 51.0 Å². The van der Waals surface area contributed by atoms with E-state index in [1.165, 1.54) is 37.0 Å². The van der Waals surface area contributed by atoms with Crippen LogP contribution in [0.4, 0.5) is 0 Å². The molecule has 20 heavy (non-hydrogen) atoms. The number of hydrogen-bond acceptors (Lipinski definition) is 3. The zero-order valence-corrected chi connectivity index (χ0v) is 12.5. The Morgan fingerprint density at radius 1 is 1.30 bits per heavy atom. The summed E-state index contributed by atoms with van der Waals surface area (Å²) in [5.41, 5.74) is 0. The van der Waals surface area contributed by atoms with Crippen LogP contribution in [0.25, 0.3) is 0 Å². The Labute approximate surface area is 124 Å². The van der Waals surface area contributed by atoms with Gasteiger partial charge in [-0.15, -0.1) is 11.3 Å². The summed E-state index contributed by atoms with van der Waals surface area (Å²) in [7, 11) is 0. The molecule has 1 aliphatic rings. The highest BCUT2D eigenvalue weighted by atomic mass is 32.1. The highest BCUT2D eigenvalue weighted by Gasteiger charge is 2.16. The van der Waals surface area contributed by atoms with E-state index in [1.54, 1.807) is 0 Å². The molecular formula is C16H21NO2S. The second-order valence-corrected chi connectivity index (χ2v) is 6.19. The molecule has 0 unspecified atom stereocenters. The molecule has 1 heterocycles. The van der Waals surface area contributed by atoms with Crippen molar-refractivity contribution >= 4 is 17.2 Å². The van der Waals surface area contributed by atoms with Gasteiger partial charge in [0.25, 0.3) is 5.91 Å². The lowest BCUT2D eigenvalue weighted by atomic mass is 10.1. The first-order valence-electron chi connectivity index (χ1n) is 7.30. The van der Waals surface area contributed by atoms with Crippen molar-refractivity contribution in [2.24, 2.45) is 0 Å². The summed E-state index contributed by atoms with van der Waals surface area (Å²) >= 11 is 1.42. The lowest BCUT2D eigenvalue weighted by molar-refractivity contribution is 0.0937. The molecule has 0 aromatic carbocycles. The Hall–Kier alpha value is -1.31. The molecular weight excluding hydrogens is 270 g/mol. The highest BCUT2D eigenvalue weighted by Crippen LogP contribution is 2.19. The van der Waals surface area contributed by atoms with Crippen molar-refractivity contribution in [3.8, 4) is 11.8 Å². The Bertz CT molecular complexity index is 490. The molecule has 1 amide bonds. The van der Waals surface area contributed by atoms with Gasteiger partial charge in [0.2, 0.25) is 0 Å². The number of hydrogen-bond donors (Lipinski definition) is 2. The average molecular weight is 291 g/mol. The summed E-state index contributed by atoms with van der Waals surface area (Å²) in [5, 5.41) is 11.8. The number of carbonyl (C=O) groups excluding carboxylic acids is 1. The Morgan fingerprint density at radius 2 is 2.05 bits per heavy atom. The molecule has 0 bridgehead atoms. The molecule has 0 saturated heterocycles. The van der Waals surface area contributed by atoms with Gasteiger partial charge in [-0.25, -0.2) is 0 Å². The number of aliphatic hydroxyl groups is 1. The summed E-state index contributed by atoms with van der Waals surface area (Å²) < 4.78 is 0. The zero-order chi connectivity index (χ0) is 14.2. The average Bonchev–Trinajstić information content (AvgIpc) is 2.77. The van der Waals surface area contributed by atoms with E-state index in [2.05, 4.69) is 17.2 Å². The monoisotopic (exact) mass is 291 g/mol. The van der Waals surface area contributed by atoms with Crippen molar-refractivity contribution in [1.82, 2.24) is 5.32 Å². The summed E-state index contributed by atoms with van der Waals surface area (Å²) in [6.07, 6.45) is 7.68. The van der Waals surface area contributed by atoms with Crippen LogP contribution in [0.15, 0.2) is 12.1 Å². The van der Waals surface area contributed by atoms with Gasteiger partial charge < -0.3 is 10.4 Å².